The topological polar surface area (TPSA) is 133 Å². The number of aliphatic hydroxyl groups is 1. The summed E-state index contributed by atoms with van der Waals surface area (Å²) in [5, 5.41) is 22.6. The molecule has 0 spiro atoms. The van der Waals surface area contributed by atoms with Crippen LogP contribution in [0.25, 0.3) is 0 Å². The lowest BCUT2D eigenvalue weighted by Crippen LogP contribution is -2.44. The second-order valence-corrected chi connectivity index (χ2v) is 11.1. The summed E-state index contributed by atoms with van der Waals surface area (Å²) in [5.41, 5.74) is -0.993. The van der Waals surface area contributed by atoms with Crippen LogP contribution in [0, 0.1) is 0 Å². The van der Waals surface area contributed by atoms with Crippen LogP contribution in [0.2, 0.25) is 0 Å². The SMILES string of the molecule is COc1ccc([C@]2(CSCC[C@H](NC(=O)OC(C)(C)C)C(=O)O)OC(O)[C@@H]3OC(C)(C)O[C@@H]32)cc1. The number of rotatable bonds is 9. The van der Waals surface area contributed by atoms with Crippen LogP contribution in [0.1, 0.15) is 46.6 Å². The number of aliphatic carboxylic acids is 1. The Morgan fingerprint density at radius 2 is 1.83 bits per heavy atom. The summed E-state index contributed by atoms with van der Waals surface area (Å²) in [6, 6.07) is 6.20. The van der Waals surface area contributed by atoms with Crippen LogP contribution in [-0.4, -0.2) is 76.8 Å². The lowest BCUT2D eigenvalue weighted by Gasteiger charge is -2.34. The number of aliphatic hydroxyl groups excluding tert-OH is 1. The van der Waals surface area contributed by atoms with Gasteiger partial charge in [0.1, 0.15) is 35.2 Å². The number of amides is 1. The highest BCUT2D eigenvalue weighted by Crippen LogP contribution is 2.50. The van der Waals surface area contributed by atoms with Crippen LogP contribution < -0.4 is 10.1 Å². The van der Waals surface area contributed by atoms with Gasteiger partial charge in [0.2, 0.25) is 0 Å². The van der Waals surface area contributed by atoms with Gasteiger partial charge in [-0.05, 0) is 64.5 Å². The largest absolute Gasteiger partial charge is 0.497 e. The first-order valence-corrected chi connectivity index (χ1v) is 12.6. The number of nitrogens with one attached hydrogen (secondary N) is 1. The number of ether oxygens (including phenoxy) is 5. The van der Waals surface area contributed by atoms with Gasteiger partial charge in [0.25, 0.3) is 0 Å². The molecule has 0 radical (unpaired) electrons. The molecule has 3 rings (SSSR count). The summed E-state index contributed by atoms with van der Waals surface area (Å²) in [6.45, 7) is 8.68. The normalized spacial score (nSPS) is 28.3. The zero-order valence-corrected chi connectivity index (χ0v) is 21.7. The maximum atomic E-state index is 12.0. The predicted molar refractivity (Wildman–Crippen MR) is 128 cm³/mol. The van der Waals surface area contributed by atoms with Gasteiger partial charge in [0.05, 0.1) is 7.11 Å². The third-order valence-electron chi connectivity index (χ3n) is 5.64. The summed E-state index contributed by atoms with van der Waals surface area (Å²) in [6.07, 6.45) is -3.06. The fourth-order valence-electron chi connectivity index (χ4n) is 4.15. The van der Waals surface area contributed by atoms with Crippen LogP contribution in [0.5, 0.6) is 5.75 Å². The fraction of sp³-hybridized carbons (Fsp3) is 0.667. The Morgan fingerprint density at radius 1 is 1.17 bits per heavy atom. The molecule has 3 N–H and O–H groups in total. The number of fused-ring (bicyclic) bond motifs is 1. The molecule has 35 heavy (non-hydrogen) atoms. The molecule has 5 atom stereocenters. The molecule has 0 aliphatic carbocycles. The summed E-state index contributed by atoms with van der Waals surface area (Å²) in [5.74, 6) is -0.619. The number of hydrogen-bond acceptors (Lipinski definition) is 9. The number of carboxylic acid groups (broad SMARTS) is 1. The van der Waals surface area contributed by atoms with E-state index < -0.39 is 53.6 Å². The molecule has 11 heteroatoms. The number of carbonyl (C=O) groups excluding carboxylic acids is 1. The molecule has 0 aromatic heterocycles. The first kappa shape index (κ1) is 27.5. The van der Waals surface area contributed by atoms with Crippen molar-refractivity contribution in [2.45, 2.75) is 82.6 Å². The molecule has 1 amide bonds. The number of methoxy groups -OCH3 is 1. The Morgan fingerprint density at radius 3 is 2.40 bits per heavy atom. The van der Waals surface area contributed by atoms with Gasteiger partial charge < -0.3 is 39.2 Å². The Balaban J connectivity index is 1.72. The Bertz CT molecular complexity index is 901. The molecule has 0 saturated carbocycles. The molecule has 10 nitrogen and oxygen atoms in total. The third-order valence-corrected chi connectivity index (χ3v) is 6.79. The lowest BCUT2D eigenvalue weighted by molar-refractivity contribution is -0.242. The van der Waals surface area contributed by atoms with Crippen molar-refractivity contribution < 1.29 is 43.5 Å². The maximum absolute atomic E-state index is 12.0. The number of alkyl carbamates (subject to hydrolysis) is 1. The second-order valence-electron chi connectivity index (χ2n) is 10.0. The predicted octanol–water partition coefficient (Wildman–Crippen LogP) is 2.86. The van der Waals surface area contributed by atoms with Crippen molar-refractivity contribution in [3.8, 4) is 5.75 Å². The van der Waals surface area contributed by atoms with Gasteiger partial charge in [-0.1, -0.05) is 12.1 Å². The van der Waals surface area contributed by atoms with Gasteiger partial charge in [-0.15, -0.1) is 0 Å². The molecule has 1 unspecified atom stereocenters. The van der Waals surface area contributed by atoms with Gasteiger partial charge in [-0.2, -0.15) is 11.8 Å². The zero-order chi connectivity index (χ0) is 26.0. The molecule has 1 aromatic rings. The lowest BCUT2D eigenvalue weighted by atomic mass is 9.89. The molecule has 2 aliphatic heterocycles. The monoisotopic (exact) mass is 513 g/mol. The van der Waals surface area contributed by atoms with E-state index in [0.717, 1.165) is 5.56 Å². The highest BCUT2D eigenvalue weighted by molar-refractivity contribution is 7.99. The van der Waals surface area contributed by atoms with E-state index in [1.165, 1.54) is 11.8 Å². The number of hydrogen-bond donors (Lipinski definition) is 3. The van der Waals surface area contributed by atoms with Gasteiger partial charge in [-0.25, -0.2) is 9.59 Å². The van der Waals surface area contributed by atoms with Gasteiger partial charge >= 0.3 is 12.1 Å². The minimum absolute atomic E-state index is 0.164. The zero-order valence-electron chi connectivity index (χ0n) is 20.9. The summed E-state index contributed by atoms with van der Waals surface area (Å²) < 4.78 is 28.6. The average molecular weight is 514 g/mol. The molecule has 196 valence electrons. The molecule has 2 aliphatic rings. The van der Waals surface area contributed by atoms with E-state index in [-0.39, 0.29) is 6.42 Å². The number of benzene rings is 1. The van der Waals surface area contributed by atoms with Crippen molar-refractivity contribution in [2.24, 2.45) is 0 Å². The van der Waals surface area contributed by atoms with Gasteiger partial charge in [0, 0.05) is 5.75 Å². The van der Waals surface area contributed by atoms with Crippen LogP contribution in [0.4, 0.5) is 4.79 Å². The van der Waals surface area contributed by atoms with Gasteiger partial charge in [-0.3, -0.25) is 0 Å². The van der Waals surface area contributed by atoms with E-state index in [0.29, 0.717) is 17.3 Å². The Labute approximate surface area is 209 Å². The molecular formula is C24H35NO9S. The molecule has 1 aromatic carbocycles. The minimum Gasteiger partial charge on any atom is -0.497 e. The number of thioether (sulfide) groups is 1. The summed E-state index contributed by atoms with van der Waals surface area (Å²) >= 11 is 1.43. The van der Waals surface area contributed by atoms with Crippen LogP contribution in [0.15, 0.2) is 24.3 Å². The van der Waals surface area contributed by atoms with E-state index in [4.69, 9.17) is 23.7 Å². The minimum atomic E-state index is -1.19. The molecule has 0 bridgehead atoms. The van der Waals surface area contributed by atoms with E-state index in [9.17, 15) is 19.8 Å². The van der Waals surface area contributed by atoms with Crippen molar-refractivity contribution in [3.63, 3.8) is 0 Å². The number of carbonyl (C=O) groups is 2. The van der Waals surface area contributed by atoms with Crippen molar-refractivity contribution in [1.29, 1.82) is 0 Å². The van der Waals surface area contributed by atoms with Crippen LogP contribution >= 0.6 is 11.8 Å². The van der Waals surface area contributed by atoms with E-state index in [1.807, 2.05) is 12.1 Å². The molecule has 2 saturated heterocycles. The highest BCUT2D eigenvalue weighted by Gasteiger charge is 2.63. The van der Waals surface area contributed by atoms with Crippen LogP contribution in [0.3, 0.4) is 0 Å². The molecular weight excluding hydrogens is 478 g/mol. The summed E-state index contributed by atoms with van der Waals surface area (Å²) in [4.78, 5) is 23.7. The van der Waals surface area contributed by atoms with Crippen molar-refractivity contribution in [1.82, 2.24) is 5.32 Å². The average Bonchev–Trinajstić information content (AvgIpc) is 3.21. The molecule has 2 heterocycles. The first-order valence-electron chi connectivity index (χ1n) is 11.4. The third kappa shape index (κ3) is 6.59. The van der Waals surface area contributed by atoms with Crippen LogP contribution in [-0.2, 0) is 29.3 Å². The maximum Gasteiger partial charge on any atom is 0.408 e. The second kappa shape index (κ2) is 10.5. The fourth-order valence-corrected chi connectivity index (χ4v) is 5.39. The van der Waals surface area contributed by atoms with Crippen molar-refractivity contribution in [2.75, 3.05) is 18.6 Å². The van der Waals surface area contributed by atoms with E-state index in [2.05, 4.69) is 5.32 Å². The first-order chi connectivity index (χ1) is 16.3. The standard InChI is InChI=1S/C24H35NO9S/c1-22(2,3)34-21(29)25-16(19(26)27)11-12-35-13-24(14-7-9-15(30-6)10-8-14)18-17(20(28)33-24)31-23(4,5)32-18/h7-10,16-18,20,28H,11-13H2,1-6H3,(H,25,29)(H,26,27)/t16-,17+,18-,20?,24-/m0/s1. The summed E-state index contributed by atoms with van der Waals surface area (Å²) in [7, 11) is 1.58. The van der Waals surface area contributed by atoms with Crippen molar-refractivity contribution in [3.05, 3.63) is 29.8 Å². The Hall–Kier alpha value is -2.05. The smallest absolute Gasteiger partial charge is 0.408 e. The molecule has 2 fully saturated rings. The highest BCUT2D eigenvalue weighted by atomic mass is 32.2. The van der Waals surface area contributed by atoms with Crippen molar-refractivity contribution >= 4 is 23.8 Å². The quantitative estimate of drug-likeness (QED) is 0.423. The van der Waals surface area contributed by atoms with Gasteiger partial charge in [0.15, 0.2) is 12.1 Å². The van der Waals surface area contributed by atoms with E-state index >= 15 is 0 Å². The van der Waals surface area contributed by atoms with E-state index in [1.54, 1.807) is 53.9 Å². The number of carboxylic acids is 1. The Kier molecular flexibility index (Phi) is 8.27.